The number of rotatable bonds is 8. The molecule has 8 heteroatoms. The molecule has 0 N–H and O–H groups in total. The van der Waals surface area contributed by atoms with Gasteiger partial charge in [0.05, 0.1) is 30.7 Å². The first-order valence-corrected chi connectivity index (χ1v) is 12.5. The highest BCUT2D eigenvalue weighted by Gasteiger charge is 2.44. The molecule has 6 nitrogen and oxygen atoms in total. The maximum atomic E-state index is 13.7. The Morgan fingerprint density at radius 2 is 1.78 bits per heavy atom. The molecule has 1 amide bonds. The fourth-order valence-electron chi connectivity index (χ4n) is 4.64. The number of hydrogen-bond donors (Lipinski definition) is 0. The molecule has 0 fully saturated rings. The van der Waals surface area contributed by atoms with Crippen LogP contribution in [0.4, 0.5) is 10.1 Å². The molecule has 1 unspecified atom stereocenters. The zero-order valence-electron chi connectivity index (χ0n) is 20.4. The second-order valence-corrected chi connectivity index (χ2v) is 9.27. The van der Waals surface area contributed by atoms with E-state index < -0.39 is 17.8 Å². The predicted molar refractivity (Wildman–Crippen MR) is 141 cm³/mol. The van der Waals surface area contributed by atoms with Gasteiger partial charge in [0.1, 0.15) is 11.4 Å². The molecule has 0 bridgehead atoms. The third-order valence-corrected chi connectivity index (χ3v) is 6.68. The summed E-state index contributed by atoms with van der Waals surface area (Å²) < 4.78 is 31.2. The zero-order valence-corrected chi connectivity index (χ0v) is 21.2. The van der Waals surface area contributed by atoms with E-state index in [0.717, 1.165) is 19.3 Å². The van der Waals surface area contributed by atoms with Gasteiger partial charge in [-0.05, 0) is 66.6 Å². The van der Waals surface area contributed by atoms with Crippen molar-refractivity contribution in [3.05, 3.63) is 98.6 Å². The summed E-state index contributed by atoms with van der Waals surface area (Å²) in [6, 6.07) is 14.7. The number of fused-ring (bicyclic) bond motifs is 2. The van der Waals surface area contributed by atoms with Gasteiger partial charge in [0.2, 0.25) is 5.76 Å². The van der Waals surface area contributed by atoms with Crippen LogP contribution in [-0.2, 0) is 0 Å². The lowest BCUT2D eigenvalue weighted by Crippen LogP contribution is -2.29. The number of carbonyl (C=O) groups is 1. The molecular weight excluding hydrogens is 497 g/mol. The average Bonchev–Trinajstić information content (AvgIpc) is 3.20. The highest BCUT2D eigenvalue weighted by Crippen LogP contribution is 2.43. The van der Waals surface area contributed by atoms with Crippen LogP contribution in [0.25, 0.3) is 11.0 Å². The summed E-state index contributed by atoms with van der Waals surface area (Å²) in [5.74, 6) is 0.0393. The second-order valence-electron chi connectivity index (χ2n) is 8.83. The molecule has 190 valence electrons. The van der Waals surface area contributed by atoms with Crippen LogP contribution >= 0.6 is 11.6 Å². The Bertz CT molecular complexity index is 1530. The molecule has 0 radical (unpaired) electrons. The monoisotopic (exact) mass is 521 g/mol. The lowest BCUT2D eigenvalue weighted by molar-refractivity contribution is 0.0971. The Balaban J connectivity index is 1.67. The number of methoxy groups -OCH3 is 1. The summed E-state index contributed by atoms with van der Waals surface area (Å²) in [6.45, 7) is 2.67. The van der Waals surface area contributed by atoms with Crippen molar-refractivity contribution in [2.45, 2.75) is 32.2 Å². The lowest BCUT2D eigenvalue weighted by atomic mass is 9.97. The van der Waals surface area contributed by atoms with Crippen LogP contribution in [0.5, 0.6) is 11.5 Å². The Hall–Kier alpha value is -3.84. The largest absolute Gasteiger partial charge is 0.493 e. The predicted octanol–water partition coefficient (Wildman–Crippen LogP) is 6.91. The van der Waals surface area contributed by atoms with E-state index >= 15 is 0 Å². The van der Waals surface area contributed by atoms with Gasteiger partial charge in [-0.2, -0.15) is 0 Å². The minimum Gasteiger partial charge on any atom is -0.493 e. The van der Waals surface area contributed by atoms with Gasteiger partial charge in [-0.1, -0.05) is 37.4 Å². The summed E-state index contributed by atoms with van der Waals surface area (Å²) >= 11 is 6.16. The molecule has 1 atom stereocenters. The van der Waals surface area contributed by atoms with Crippen molar-refractivity contribution in [3.8, 4) is 11.5 Å². The standard InChI is InChI=1S/C29H25ClFNO5/c1-3-4-5-14-36-23-12-6-17(15-24(23)35-2)26-25-27(33)21-16-18(30)7-13-22(21)37-28(25)29(34)32(26)20-10-8-19(31)9-11-20/h6-13,15-16,26H,3-5,14H2,1-2H3. The van der Waals surface area contributed by atoms with Gasteiger partial charge in [-0.25, -0.2) is 4.39 Å². The van der Waals surface area contributed by atoms with E-state index in [-0.39, 0.29) is 27.7 Å². The lowest BCUT2D eigenvalue weighted by Gasteiger charge is -2.26. The summed E-state index contributed by atoms with van der Waals surface area (Å²) in [7, 11) is 1.54. The van der Waals surface area contributed by atoms with Crippen LogP contribution < -0.4 is 19.8 Å². The summed E-state index contributed by atoms with van der Waals surface area (Å²) in [6.07, 6.45) is 3.05. The van der Waals surface area contributed by atoms with Crippen molar-refractivity contribution in [2.24, 2.45) is 0 Å². The number of hydrogen-bond acceptors (Lipinski definition) is 5. The molecule has 37 heavy (non-hydrogen) atoms. The second kappa shape index (κ2) is 10.3. The number of halogens is 2. The highest BCUT2D eigenvalue weighted by atomic mass is 35.5. The van der Waals surface area contributed by atoms with Crippen molar-refractivity contribution in [1.82, 2.24) is 0 Å². The number of benzene rings is 3. The maximum Gasteiger partial charge on any atom is 0.295 e. The van der Waals surface area contributed by atoms with E-state index in [1.807, 2.05) is 0 Å². The van der Waals surface area contributed by atoms with Gasteiger partial charge in [0.15, 0.2) is 16.9 Å². The van der Waals surface area contributed by atoms with Crippen LogP contribution in [0, 0.1) is 5.82 Å². The van der Waals surface area contributed by atoms with E-state index in [2.05, 4.69) is 6.92 Å². The fourth-order valence-corrected chi connectivity index (χ4v) is 4.81. The van der Waals surface area contributed by atoms with E-state index in [1.165, 1.54) is 42.3 Å². The minimum absolute atomic E-state index is 0.0620. The van der Waals surface area contributed by atoms with E-state index in [9.17, 15) is 14.0 Å². The molecule has 5 rings (SSSR count). The smallest absolute Gasteiger partial charge is 0.295 e. The minimum atomic E-state index is -0.837. The van der Waals surface area contributed by atoms with Crippen LogP contribution in [0.3, 0.4) is 0 Å². The van der Waals surface area contributed by atoms with Gasteiger partial charge in [0.25, 0.3) is 5.91 Å². The molecule has 1 aliphatic rings. The third-order valence-electron chi connectivity index (χ3n) is 6.45. The number of carbonyl (C=O) groups excluding carboxylic acids is 1. The van der Waals surface area contributed by atoms with Crippen molar-refractivity contribution < 1.29 is 23.1 Å². The van der Waals surface area contributed by atoms with Crippen LogP contribution in [0.1, 0.15) is 53.9 Å². The zero-order chi connectivity index (χ0) is 26.1. The number of nitrogens with zero attached hydrogens (tertiary/aromatic N) is 1. The Morgan fingerprint density at radius 3 is 2.51 bits per heavy atom. The molecule has 3 aromatic carbocycles. The van der Waals surface area contributed by atoms with Gasteiger partial charge in [0, 0.05) is 10.7 Å². The fraction of sp³-hybridized carbons (Fsp3) is 0.241. The van der Waals surface area contributed by atoms with Crippen molar-refractivity contribution in [3.63, 3.8) is 0 Å². The first-order chi connectivity index (χ1) is 17.9. The molecule has 1 aromatic heterocycles. The Kier molecular flexibility index (Phi) is 6.89. The first kappa shape index (κ1) is 24.8. The highest BCUT2D eigenvalue weighted by molar-refractivity contribution is 6.31. The van der Waals surface area contributed by atoms with Gasteiger partial charge in [-0.3, -0.25) is 14.5 Å². The first-order valence-electron chi connectivity index (χ1n) is 12.1. The third kappa shape index (κ3) is 4.55. The van der Waals surface area contributed by atoms with E-state index in [1.54, 1.807) is 30.3 Å². The van der Waals surface area contributed by atoms with Gasteiger partial charge >= 0.3 is 0 Å². The molecule has 2 heterocycles. The van der Waals surface area contributed by atoms with Gasteiger partial charge in [-0.15, -0.1) is 0 Å². The normalized spacial score (nSPS) is 14.8. The van der Waals surface area contributed by atoms with Crippen molar-refractivity contribution in [2.75, 3.05) is 18.6 Å². The van der Waals surface area contributed by atoms with Crippen LogP contribution in [0.15, 0.2) is 69.9 Å². The Morgan fingerprint density at radius 1 is 1.00 bits per heavy atom. The molecule has 0 spiro atoms. The number of anilines is 1. The quantitative estimate of drug-likeness (QED) is 0.236. The Labute approximate surface area is 218 Å². The molecular formula is C29H25ClFNO5. The number of unbranched alkanes of at least 4 members (excludes halogenated alkanes) is 2. The SMILES string of the molecule is CCCCCOc1ccc(C2c3c(oc4ccc(Cl)cc4c3=O)C(=O)N2c2ccc(F)cc2)cc1OC. The number of amides is 1. The van der Waals surface area contributed by atoms with Crippen molar-refractivity contribution in [1.29, 1.82) is 0 Å². The van der Waals surface area contributed by atoms with E-state index in [4.69, 9.17) is 25.5 Å². The molecule has 0 aliphatic carbocycles. The number of ether oxygens (including phenoxy) is 2. The molecule has 4 aromatic rings. The molecule has 0 saturated heterocycles. The summed E-state index contributed by atoms with van der Waals surface area (Å²) in [5, 5.41) is 0.648. The maximum absolute atomic E-state index is 13.7. The van der Waals surface area contributed by atoms with E-state index in [0.29, 0.717) is 34.4 Å². The van der Waals surface area contributed by atoms with Crippen LogP contribution in [0.2, 0.25) is 5.02 Å². The van der Waals surface area contributed by atoms with Crippen molar-refractivity contribution >= 4 is 34.2 Å². The molecule has 0 saturated carbocycles. The molecule has 1 aliphatic heterocycles. The summed E-state index contributed by atoms with van der Waals surface area (Å²) in [4.78, 5) is 28.9. The van der Waals surface area contributed by atoms with Gasteiger partial charge < -0.3 is 13.9 Å². The van der Waals surface area contributed by atoms with Crippen LogP contribution in [-0.4, -0.2) is 19.6 Å². The topological polar surface area (TPSA) is 69.0 Å². The summed E-state index contributed by atoms with van der Waals surface area (Å²) in [5.41, 5.74) is 1.11. The average molecular weight is 522 g/mol.